The molecule has 1 heterocycles. The molecule has 2 rings (SSSR count). The van der Waals surface area contributed by atoms with Crippen LogP contribution in [0.2, 0.25) is 0 Å². The molecular formula is C10H8N2O2S. The van der Waals surface area contributed by atoms with Crippen LogP contribution < -0.4 is 16.0 Å². The summed E-state index contributed by atoms with van der Waals surface area (Å²) in [6.07, 6.45) is 0. The van der Waals surface area contributed by atoms with Crippen molar-refractivity contribution in [3.05, 3.63) is 45.4 Å². The van der Waals surface area contributed by atoms with Gasteiger partial charge in [0, 0.05) is 16.2 Å². The number of amides is 1. The van der Waals surface area contributed by atoms with Crippen LogP contribution in [-0.2, 0) is 0 Å². The maximum absolute atomic E-state index is 11.4. The maximum Gasteiger partial charge on any atom is 0.266 e. The van der Waals surface area contributed by atoms with E-state index in [0.29, 0.717) is 5.56 Å². The largest absolute Gasteiger partial charge is 0.290 e. The van der Waals surface area contributed by atoms with Gasteiger partial charge < -0.3 is 0 Å². The lowest BCUT2D eigenvalue weighted by Crippen LogP contribution is -2.30. The number of nitrogens with two attached hydrogens (primary N) is 1. The predicted octanol–water partition coefficient (Wildman–Crippen LogP) is 0.865. The number of nitrogens with one attached hydrogen (secondary N) is 1. The van der Waals surface area contributed by atoms with Crippen molar-refractivity contribution in [1.29, 1.82) is 0 Å². The summed E-state index contributed by atoms with van der Waals surface area (Å²) in [7, 11) is 0. The van der Waals surface area contributed by atoms with Gasteiger partial charge in [0.25, 0.3) is 5.91 Å². The van der Waals surface area contributed by atoms with Gasteiger partial charge in [-0.3, -0.25) is 15.0 Å². The summed E-state index contributed by atoms with van der Waals surface area (Å²) >= 11 is 1.11. The molecule has 1 aromatic heterocycles. The minimum absolute atomic E-state index is 0.160. The van der Waals surface area contributed by atoms with Crippen molar-refractivity contribution in [2.45, 2.75) is 0 Å². The minimum atomic E-state index is -0.448. The summed E-state index contributed by atoms with van der Waals surface area (Å²) in [4.78, 5) is 22.7. The molecule has 0 aliphatic carbocycles. The maximum atomic E-state index is 11.4. The predicted molar refractivity (Wildman–Crippen MR) is 59.7 cm³/mol. The second-order valence-corrected chi connectivity index (χ2v) is 4.00. The number of rotatable bonds is 1. The van der Waals surface area contributed by atoms with E-state index in [1.807, 2.05) is 17.6 Å². The molecule has 0 fully saturated rings. The van der Waals surface area contributed by atoms with E-state index in [-0.39, 0.29) is 4.74 Å². The summed E-state index contributed by atoms with van der Waals surface area (Å²) < 4.78 is 0.621. The molecule has 0 aliphatic heterocycles. The zero-order chi connectivity index (χ0) is 10.8. The van der Waals surface area contributed by atoms with Crippen molar-refractivity contribution in [2.24, 2.45) is 5.84 Å². The number of hydrazine groups is 1. The smallest absolute Gasteiger partial charge is 0.266 e. The van der Waals surface area contributed by atoms with Gasteiger partial charge in [0.1, 0.15) is 0 Å². The van der Waals surface area contributed by atoms with E-state index in [2.05, 4.69) is 0 Å². The van der Waals surface area contributed by atoms with Gasteiger partial charge in [-0.25, -0.2) is 5.84 Å². The van der Waals surface area contributed by atoms with Gasteiger partial charge in [0.05, 0.1) is 5.56 Å². The molecule has 15 heavy (non-hydrogen) atoms. The Morgan fingerprint density at radius 1 is 1.33 bits per heavy atom. The van der Waals surface area contributed by atoms with E-state index in [1.165, 1.54) is 6.07 Å². The van der Waals surface area contributed by atoms with Crippen LogP contribution in [0.15, 0.2) is 35.1 Å². The molecule has 4 nitrogen and oxygen atoms in total. The van der Waals surface area contributed by atoms with Gasteiger partial charge in [-0.1, -0.05) is 29.5 Å². The van der Waals surface area contributed by atoms with Gasteiger partial charge in [-0.2, -0.15) is 0 Å². The zero-order valence-electron chi connectivity index (χ0n) is 7.69. The van der Waals surface area contributed by atoms with E-state index >= 15 is 0 Å². The molecule has 0 unspecified atom stereocenters. The Balaban J connectivity index is 2.82. The highest BCUT2D eigenvalue weighted by atomic mass is 32.1. The Bertz CT molecular complexity index is 577. The third kappa shape index (κ3) is 1.74. The molecular weight excluding hydrogens is 212 g/mol. The van der Waals surface area contributed by atoms with Crippen LogP contribution >= 0.6 is 11.3 Å². The van der Waals surface area contributed by atoms with Crippen molar-refractivity contribution < 1.29 is 4.79 Å². The monoisotopic (exact) mass is 220 g/mol. The van der Waals surface area contributed by atoms with Crippen LogP contribution in [-0.4, -0.2) is 5.91 Å². The molecule has 0 radical (unpaired) electrons. The van der Waals surface area contributed by atoms with E-state index in [4.69, 9.17) is 5.84 Å². The standard InChI is InChI=1S/C10H8N2O2S/c11-12-10(14)7-5-9(13)15-8-4-2-1-3-6(7)8/h1-5H,11H2,(H,12,14). The molecule has 5 heteroatoms. The van der Waals surface area contributed by atoms with E-state index in [0.717, 1.165) is 21.4 Å². The number of hydrogen-bond donors (Lipinski definition) is 2. The Hall–Kier alpha value is -1.72. The quantitative estimate of drug-likeness (QED) is 0.425. The highest BCUT2D eigenvalue weighted by Crippen LogP contribution is 2.19. The topological polar surface area (TPSA) is 72.2 Å². The van der Waals surface area contributed by atoms with Gasteiger partial charge in [-0.05, 0) is 6.07 Å². The van der Waals surface area contributed by atoms with Gasteiger partial charge in [0.15, 0.2) is 0 Å². The van der Waals surface area contributed by atoms with Crippen LogP contribution in [0.5, 0.6) is 0 Å². The molecule has 0 aliphatic rings. The lowest BCUT2D eigenvalue weighted by molar-refractivity contribution is 0.0955. The number of hydrogen-bond acceptors (Lipinski definition) is 4. The van der Waals surface area contributed by atoms with Crippen LogP contribution in [0.25, 0.3) is 10.1 Å². The Kier molecular flexibility index (Phi) is 2.49. The second kappa shape index (κ2) is 3.80. The summed E-state index contributed by atoms with van der Waals surface area (Å²) in [5, 5.41) is 0.741. The third-order valence-corrected chi connectivity index (χ3v) is 2.92. The van der Waals surface area contributed by atoms with E-state index in [1.54, 1.807) is 12.1 Å². The Morgan fingerprint density at radius 2 is 2.07 bits per heavy atom. The highest BCUT2D eigenvalue weighted by Gasteiger charge is 2.09. The number of nitrogen functional groups attached to an aromatic ring is 1. The van der Waals surface area contributed by atoms with Crippen molar-refractivity contribution in [1.82, 2.24) is 5.43 Å². The van der Waals surface area contributed by atoms with E-state index in [9.17, 15) is 9.59 Å². The first kappa shape index (κ1) is 9.82. The lowest BCUT2D eigenvalue weighted by atomic mass is 10.1. The van der Waals surface area contributed by atoms with Crippen molar-refractivity contribution >= 4 is 27.3 Å². The zero-order valence-corrected chi connectivity index (χ0v) is 8.51. The molecule has 3 N–H and O–H groups in total. The summed E-state index contributed by atoms with van der Waals surface area (Å²) in [5.41, 5.74) is 2.34. The van der Waals surface area contributed by atoms with Crippen LogP contribution in [0, 0.1) is 0 Å². The first-order valence-electron chi connectivity index (χ1n) is 4.26. The number of benzene rings is 1. The summed E-state index contributed by atoms with van der Waals surface area (Å²) in [6.45, 7) is 0. The fourth-order valence-corrected chi connectivity index (χ4v) is 2.21. The van der Waals surface area contributed by atoms with Gasteiger partial charge in [-0.15, -0.1) is 0 Å². The average Bonchev–Trinajstić information content (AvgIpc) is 2.26. The molecule has 1 amide bonds. The molecule has 0 atom stereocenters. The lowest BCUT2D eigenvalue weighted by Gasteiger charge is -2.02. The number of carbonyl (C=O) groups excluding carboxylic acids is 1. The molecule has 0 spiro atoms. The SMILES string of the molecule is NNC(=O)c1cc(=O)sc2ccccc12. The summed E-state index contributed by atoms with van der Waals surface area (Å²) in [5.74, 6) is 4.60. The number of fused-ring (bicyclic) bond motifs is 1. The van der Waals surface area contributed by atoms with Crippen molar-refractivity contribution in [3.63, 3.8) is 0 Å². The normalized spacial score (nSPS) is 10.2. The molecule has 0 saturated heterocycles. The first-order valence-corrected chi connectivity index (χ1v) is 5.08. The van der Waals surface area contributed by atoms with Gasteiger partial charge >= 0.3 is 0 Å². The van der Waals surface area contributed by atoms with Crippen LogP contribution in [0.1, 0.15) is 10.4 Å². The van der Waals surface area contributed by atoms with E-state index < -0.39 is 5.91 Å². The van der Waals surface area contributed by atoms with Crippen LogP contribution in [0.4, 0.5) is 0 Å². The molecule has 1 aromatic carbocycles. The summed E-state index contributed by atoms with van der Waals surface area (Å²) in [6, 6.07) is 8.52. The molecule has 0 bridgehead atoms. The molecule has 2 aromatic rings. The number of carbonyl (C=O) groups is 1. The Labute approximate surface area is 89.3 Å². The minimum Gasteiger partial charge on any atom is -0.290 e. The van der Waals surface area contributed by atoms with Crippen molar-refractivity contribution in [2.75, 3.05) is 0 Å². The van der Waals surface area contributed by atoms with Crippen molar-refractivity contribution in [3.8, 4) is 0 Å². The van der Waals surface area contributed by atoms with Gasteiger partial charge in [0.2, 0.25) is 4.74 Å². The fraction of sp³-hybridized carbons (Fsp3) is 0. The molecule has 76 valence electrons. The van der Waals surface area contributed by atoms with Crippen LogP contribution in [0.3, 0.4) is 0 Å². The molecule has 0 saturated carbocycles. The second-order valence-electron chi connectivity index (χ2n) is 2.95. The average molecular weight is 220 g/mol. The Morgan fingerprint density at radius 3 is 2.80 bits per heavy atom. The third-order valence-electron chi connectivity index (χ3n) is 2.03. The fourth-order valence-electron chi connectivity index (χ4n) is 1.38. The highest BCUT2D eigenvalue weighted by molar-refractivity contribution is 7.16. The first-order chi connectivity index (χ1) is 7.22.